The summed E-state index contributed by atoms with van der Waals surface area (Å²) in [7, 11) is 0. The van der Waals surface area contributed by atoms with Crippen molar-refractivity contribution in [1.29, 1.82) is 0 Å². The predicted octanol–water partition coefficient (Wildman–Crippen LogP) is 3.96. The van der Waals surface area contributed by atoms with Crippen LogP contribution in [0.1, 0.15) is 11.1 Å². The Hall–Kier alpha value is -2.60. The van der Waals surface area contributed by atoms with Gasteiger partial charge in [-0.1, -0.05) is 54.6 Å². The van der Waals surface area contributed by atoms with Gasteiger partial charge in [-0.05, 0) is 35.7 Å². The monoisotopic (exact) mass is 460 g/mol. The molecule has 0 saturated carbocycles. The van der Waals surface area contributed by atoms with Crippen molar-refractivity contribution in [2.45, 2.75) is 13.0 Å². The van der Waals surface area contributed by atoms with E-state index in [1.54, 1.807) is 6.20 Å². The third-order valence-electron chi connectivity index (χ3n) is 4.81. The van der Waals surface area contributed by atoms with Crippen molar-refractivity contribution in [2.75, 3.05) is 31.1 Å². The van der Waals surface area contributed by atoms with Gasteiger partial charge in [0.05, 0.1) is 6.54 Å². The van der Waals surface area contributed by atoms with Crippen LogP contribution < -0.4 is 10.6 Å². The van der Waals surface area contributed by atoms with Gasteiger partial charge in [0.2, 0.25) is 5.91 Å². The fourth-order valence-electron chi connectivity index (χ4n) is 3.28. The number of para-hydroxylation sites is 1. The van der Waals surface area contributed by atoms with Crippen molar-refractivity contribution in [3.05, 3.63) is 96.3 Å². The lowest BCUT2D eigenvalue weighted by atomic mass is 10.1. The number of halogens is 2. The first kappa shape index (κ1) is 26.4. The van der Waals surface area contributed by atoms with E-state index in [-0.39, 0.29) is 30.7 Å². The zero-order valence-electron chi connectivity index (χ0n) is 17.5. The molecule has 2 aromatic carbocycles. The van der Waals surface area contributed by atoms with Crippen LogP contribution in [0.25, 0.3) is 0 Å². The molecule has 1 heterocycles. The number of benzene rings is 2. The highest BCUT2D eigenvalue weighted by Gasteiger charge is 2.18. The van der Waals surface area contributed by atoms with E-state index < -0.39 is 0 Å². The molecule has 3 aromatic rings. The average Bonchev–Trinajstić information content (AvgIpc) is 2.78. The van der Waals surface area contributed by atoms with E-state index in [9.17, 15) is 4.79 Å². The number of aromatic nitrogens is 1. The highest BCUT2D eigenvalue weighted by molar-refractivity contribution is 5.85. The minimum Gasteiger partial charge on any atom is -0.358 e. The van der Waals surface area contributed by atoms with Gasteiger partial charge in [-0.25, -0.2) is 0 Å². The lowest BCUT2D eigenvalue weighted by Gasteiger charge is -2.29. The second kappa shape index (κ2) is 14.4. The predicted molar refractivity (Wildman–Crippen MR) is 132 cm³/mol. The topological polar surface area (TPSA) is 62.5 Å². The maximum atomic E-state index is 13.1. The molecule has 0 spiro atoms. The summed E-state index contributed by atoms with van der Waals surface area (Å²) in [6.07, 6.45) is 4.42. The Morgan fingerprint density at radius 2 is 1.48 bits per heavy atom. The van der Waals surface area contributed by atoms with Crippen LogP contribution >= 0.6 is 24.8 Å². The molecule has 0 atom stereocenters. The lowest BCUT2D eigenvalue weighted by molar-refractivity contribution is -0.129. The minimum absolute atomic E-state index is 0. The van der Waals surface area contributed by atoms with Gasteiger partial charge in [-0.2, -0.15) is 0 Å². The maximum absolute atomic E-state index is 13.1. The molecule has 1 aromatic heterocycles. The molecule has 0 aliphatic rings. The number of carbonyl (C=O) groups excluding carboxylic acids is 1. The molecule has 2 N–H and O–H groups in total. The second-order valence-electron chi connectivity index (χ2n) is 6.96. The van der Waals surface area contributed by atoms with Crippen LogP contribution in [0.3, 0.4) is 0 Å². The van der Waals surface area contributed by atoms with Crippen LogP contribution in [0.4, 0.5) is 5.69 Å². The van der Waals surface area contributed by atoms with Crippen molar-refractivity contribution in [3.63, 3.8) is 0 Å². The van der Waals surface area contributed by atoms with Crippen LogP contribution in [0, 0.1) is 0 Å². The standard InChI is InChI=1S/C24H28N4O.2ClH/c25-14-17-27(16-13-21-8-3-1-4-9-21)24(29)20-28(23-11-5-2-6-12-23)19-22-10-7-15-26-18-22;;/h1-12,15,18H,13-14,16-17,19-20,25H2;2*1H. The first-order valence-electron chi connectivity index (χ1n) is 9.97. The Bertz CT molecular complexity index is 867. The summed E-state index contributed by atoms with van der Waals surface area (Å²) in [6.45, 7) is 2.59. The van der Waals surface area contributed by atoms with E-state index in [1.165, 1.54) is 5.56 Å². The Morgan fingerprint density at radius 3 is 2.10 bits per heavy atom. The number of hydrogen-bond donors (Lipinski definition) is 1. The largest absolute Gasteiger partial charge is 0.358 e. The molecule has 31 heavy (non-hydrogen) atoms. The second-order valence-corrected chi connectivity index (χ2v) is 6.96. The Kier molecular flexibility index (Phi) is 12.3. The van der Waals surface area contributed by atoms with E-state index in [2.05, 4.69) is 22.0 Å². The molecule has 0 bridgehead atoms. The Morgan fingerprint density at radius 1 is 0.839 bits per heavy atom. The van der Waals surface area contributed by atoms with Gasteiger partial charge >= 0.3 is 0 Å². The summed E-state index contributed by atoms with van der Waals surface area (Å²) in [6, 6.07) is 24.2. The van der Waals surface area contributed by atoms with Gasteiger partial charge in [0.25, 0.3) is 0 Å². The molecule has 0 radical (unpaired) electrons. The highest BCUT2D eigenvalue weighted by Crippen LogP contribution is 2.17. The molecule has 166 valence electrons. The van der Waals surface area contributed by atoms with Crippen LogP contribution in [0.2, 0.25) is 0 Å². The Labute approximate surface area is 197 Å². The number of hydrogen-bond acceptors (Lipinski definition) is 4. The minimum atomic E-state index is 0. The quantitative estimate of drug-likeness (QED) is 0.497. The number of pyridine rings is 1. The van der Waals surface area contributed by atoms with Gasteiger partial charge in [0.1, 0.15) is 0 Å². The van der Waals surface area contributed by atoms with Gasteiger partial charge in [-0.15, -0.1) is 24.8 Å². The fourth-order valence-corrected chi connectivity index (χ4v) is 3.28. The SMILES string of the molecule is Cl.Cl.NCCN(CCc1ccccc1)C(=O)CN(Cc1cccnc1)c1ccccc1. The summed E-state index contributed by atoms with van der Waals surface area (Å²) >= 11 is 0. The normalized spacial score (nSPS) is 9.84. The van der Waals surface area contributed by atoms with Gasteiger partial charge in [0, 0.05) is 44.3 Å². The zero-order valence-corrected chi connectivity index (χ0v) is 19.1. The molecular weight excluding hydrogens is 431 g/mol. The molecule has 0 unspecified atom stereocenters. The summed E-state index contributed by atoms with van der Waals surface area (Å²) in [5.41, 5.74) is 9.09. The number of rotatable bonds is 10. The molecule has 0 aliphatic heterocycles. The summed E-state index contributed by atoms with van der Waals surface area (Å²) in [5.74, 6) is 0.0825. The van der Waals surface area contributed by atoms with Gasteiger partial charge in [0.15, 0.2) is 0 Å². The number of amides is 1. The molecule has 3 rings (SSSR count). The molecule has 0 fully saturated rings. The van der Waals surface area contributed by atoms with Crippen LogP contribution in [0.5, 0.6) is 0 Å². The summed E-state index contributed by atoms with van der Waals surface area (Å²) < 4.78 is 0. The number of nitrogens with two attached hydrogens (primary N) is 1. The fraction of sp³-hybridized carbons (Fsp3) is 0.250. The first-order valence-corrected chi connectivity index (χ1v) is 9.97. The Balaban J connectivity index is 0.00000240. The van der Waals surface area contributed by atoms with E-state index in [0.717, 1.165) is 17.7 Å². The van der Waals surface area contributed by atoms with E-state index in [0.29, 0.717) is 32.7 Å². The number of nitrogens with zero attached hydrogens (tertiary/aromatic N) is 3. The van der Waals surface area contributed by atoms with Crippen molar-refractivity contribution < 1.29 is 4.79 Å². The average molecular weight is 461 g/mol. The van der Waals surface area contributed by atoms with E-state index in [4.69, 9.17) is 5.73 Å². The van der Waals surface area contributed by atoms with Crippen molar-refractivity contribution in [2.24, 2.45) is 5.73 Å². The molecule has 7 heteroatoms. The van der Waals surface area contributed by atoms with Crippen LogP contribution in [0.15, 0.2) is 85.2 Å². The molecule has 1 amide bonds. The van der Waals surface area contributed by atoms with Gasteiger partial charge < -0.3 is 15.5 Å². The molecule has 0 saturated heterocycles. The molecular formula is C24H30Cl2N4O. The number of anilines is 1. The van der Waals surface area contributed by atoms with E-state index >= 15 is 0 Å². The summed E-state index contributed by atoms with van der Waals surface area (Å²) in [5, 5.41) is 0. The van der Waals surface area contributed by atoms with Crippen molar-refractivity contribution in [1.82, 2.24) is 9.88 Å². The lowest BCUT2D eigenvalue weighted by Crippen LogP contribution is -2.43. The molecule has 0 aliphatic carbocycles. The molecule has 5 nitrogen and oxygen atoms in total. The van der Waals surface area contributed by atoms with Crippen molar-refractivity contribution in [3.8, 4) is 0 Å². The van der Waals surface area contributed by atoms with Crippen LogP contribution in [-0.2, 0) is 17.8 Å². The van der Waals surface area contributed by atoms with E-state index in [1.807, 2.05) is 71.8 Å². The first-order chi connectivity index (χ1) is 14.3. The third kappa shape index (κ3) is 8.58. The van der Waals surface area contributed by atoms with Gasteiger partial charge in [-0.3, -0.25) is 9.78 Å². The smallest absolute Gasteiger partial charge is 0.242 e. The highest BCUT2D eigenvalue weighted by atomic mass is 35.5. The van der Waals surface area contributed by atoms with Crippen molar-refractivity contribution >= 4 is 36.4 Å². The third-order valence-corrected chi connectivity index (χ3v) is 4.81. The maximum Gasteiger partial charge on any atom is 0.242 e. The number of carbonyl (C=O) groups is 1. The zero-order chi connectivity index (χ0) is 20.3. The van der Waals surface area contributed by atoms with Crippen LogP contribution in [-0.4, -0.2) is 42.0 Å². The summed E-state index contributed by atoms with van der Waals surface area (Å²) in [4.78, 5) is 21.3.